The summed E-state index contributed by atoms with van der Waals surface area (Å²) in [6.07, 6.45) is 2.01. The van der Waals surface area contributed by atoms with Gasteiger partial charge in [-0.2, -0.15) is 5.10 Å². The van der Waals surface area contributed by atoms with Crippen molar-refractivity contribution in [2.75, 3.05) is 5.32 Å². The standard InChI is InChI=1S/C11H8ClN3O/c12-7-1-2-10-9(5-7)14-11(16)6-8-3-4-13-15(8)10/h1-5H,6H2,(H,14,16). The Labute approximate surface area is 96.8 Å². The topological polar surface area (TPSA) is 46.9 Å². The van der Waals surface area contributed by atoms with Crippen molar-refractivity contribution in [1.29, 1.82) is 0 Å². The minimum Gasteiger partial charge on any atom is -0.324 e. The van der Waals surface area contributed by atoms with E-state index in [0.717, 1.165) is 11.4 Å². The molecule has 1 N–H and O–H groups in total. The fourth-order valence-corrected chi connectivity index (χ4v) is 2.01. The summed E-state index contributed by atoms with van der Waals surface area (Å²) in [5.41, 5.74) is 2.41. The summed E-state index contributed by atoms with van der Waals surface area (Å²) in [4.78, 5) is 11.6. The van der Waals surface area contributed by atoms with Crippen LogP contribution in [-0.2, 0) is 11.2 Å². The number of hydrogen-bond acceptors (Lipinski definition) is 2. The first-order valence-electron chi connectivity index (χ1n) is 4.87. The zero-order chi connectivity index (χ0) is 11.1. The average Bonchev–Trinajstić information content (AvgIpc) is 2.61. The number of aromatic nitrogens is 2. The molecule has 1 aliphatic heterocycles. The third kappa shape index (κ3) is 1.39. The predicted molar refractivity (Wildman–Crippen MR) is 60.9 cm³/mol. The highest BCUT2D eigenvalue weighted by atomic mass is 35.5. The Morgan fingerprint density at radius 2 is 2.25 bits per heavy atom. The molecule has 0 atom stereocenters. The highest BCUT2D eigenvalue weighted by Crippen LogP contribution is 2.27. The summed E-state index contributed by atoms with van der Waals surface area (Å²) in [5.74, 6) is -0.0530. The molecule has 0 saturated heterocycles. The Balaban J connectivity index is 2.28. The molecule has 3 rings (SSSR count). The number of anilines is 1. The van der Waals surface area contributed by atoms with Crippen LogP contribution in [0.5, 0.6) is 0 Å². The Bertz CT molecular complexity index is 576. The molecule has 2 aromatic rings. The van der Waals surface area contributed by atoms with E-state index in [1.54, 1.807) is 23.0 Å². The van der Waals surface area contributed by atoms with Gasteiger partial charge < -0.3 is 5.32 Å². The normalized spacial score (nSPS) is 13.7. The average molecular weight is 234 g/mol. The van der Waals surface area contributed by atoms with Crippen molar-refractivity contribution in [2.24, 2.45) is 0 Å². The first-order chi connectivity index (χ1) is 7.74. The molecule has 0 spiro atoms. The summed E-state index contributed by atoms with van der Waals surface area (Å²) in [7, 11) is 0. The van der Waals surface area contributed by atoms with Crippen molar-refractivity contribution in [3.8, 4) is 5.69 Å². The lowest BCUT2D eigenvalue weighted by Crippen LogP contribution is -2.12. The van der Waals surface area contributed by atoms with Crippen molar-refractivity contribution in [1.82, 2.24) is 9.78 Å². The van der Waals surface area contributed by atoms with Gasteiger partial charge in [0.05, 0.1) is 23.5 Å². The molecule has 4 nitrogen and oxygen atoms in total. The zero-order valence-electron chi connectivity index (χ0n) is 8.27. The van der Waals surface area contributed by atoms with Crippen LogP contribution < -0.4 is 5.32 Å². The fourth-order valence-electron chi connectivity index (χ4n) is 1.83. The molecule has 0 aliphatic carbocycles. The molecule has 0 unspecified atom stereocenters. The van der Waals surface area contributed by atoms with Crippen molar-refractivity contribution in [2.45, 2.75) is 6.42 Å². The first kappa shape index (κ1) is 9.42. The number of carbonyl (C=O) groups is 1. The molecule has 0 fully saturated rings. The maximum atomic E-state index is 11.6. The lowest BCUT2D eigenvalue weighted by atomic mass is 10.2. The molecule has 16 heavy (non-hydrogen) atoms. The van der Waals surface area contributed by atoms with Gasteiger partial charge in [0.2, 0.25) is 5.91 Å². The van der Waals surface area contributed by atoms with E-state index in [-0.39, 0.29) is 5.91 Å². The van der Waals surface area contributed by atoms with Crippen LogP contribution in [0, 0.1) is 0 Å². The van der Waals surface area contributed by atoms with Gasteiger partial charge in [-0.05, 0) is 24.3 Å². The summed E-state index contributed by atoms with van der Waals surface area (Å²) < 4.78 is 1.75. The van der Waals surface area contributed by atoms with Crippen molar-refractivity contribution in [3.63, 3.8) is 0 Å². The first-order valence-corrected chi connectivity index (χ1v) is 5.24. The number of nitrogens with one attached hydrogen (secondary N) is 1. The molecule has 5 heteroatoms. The Kier molecular flexibility index (Phi) is 1.97. The van der Waals surface area contributed by atoms with Crippen LogP contribution in [0.1, 0.15) is 5.69 Å². The smallest absolute Gasteiger partial charge is 0.230 e. The molecule has 0 bridgehead atoms. The molecule has 0 radical (unpaired) electrons. The van der Waals surface area contributed by atoms with Crippen LogP contribution in [-0.4, -0.2) is 15.7 Å². The van der Waals surface area contributed by atoms with Gasteiger partial charge in [0.15, 0.2) is 0 Å². The maximum absolute atomic E-state index is 11.6. The molecule has 80 valence electrons. The lowest BCUT2D eigenvalue weighted by Gasteiger charge is -2.08. The Hall–Kier alpha value is -1.81. The highest BCUT2D eigenvalue weighted by Gasteiger charge is 2.18. The summed E-state index contributed by atoms with van der Waals surface area (Å²) >= 11 is 5.90. The number of amides is 1. The van der Waals surface area contributed by atoms with Crippen LogP contribution in [0.3, 0.4) is 0 Å². The number of hydrogen-bond donors (Lipinski definition) is 1. The van der Waals surface area contributed by atoms with Crippen molar-refractivity contribution < 1.29 is 4.79 Å². The minimum atomic E-state index is -0.0530. The lowest BCUT2D eigenvalue weighted by molar-refractivity contribution is -0.115. The Morgan fingerprint density at radius 3 is 3.12 bits per heavy atom. The monoisotopic (exact) mass is 233 g/mol. The van der Waals surface area contributed by atoms with Gasteiger partial charge in [0, 0.05) is 11.2 Å². The summed E-state index contributed by atoms with van der Waals surface area (Å²) in [6, 6.07) is 7.19. The second-order valence-electron chi connectivity index (χ2n) is 3.62. The molecule has 2 heterocycles. The van der Waals surface area contributed by atoms with Gasteiger partial charge in [-0.15, -0.1) is 0 Å². The number of rotatable bonds is 0. The number of carbonyl (C=O) groups excluding carboxylic acids is 1. The van der Waals surface area contributed by atoms with Crippen molar-refractivity contribution >= 4 is 23.2 Å². The van der Waals surface area contributed by atoms with E-state index in [0.29, 0.717) is 17.1 Å². The van der Waals surface area contributed by atoms with Crippen LogP contribution in [0.25, 0.3) is 5.69 Å². The highest BCUT2D eigenvalue weighted by molar-refractivity contribution is 6.31. The number of nitrogens with zero attached hydrogens (tertiary/aromatic N) is 2. The van der Waals surface area contributed by atoms with Gasteiger partial charge in [-0.1, -0.05) is 11.6 Å². The summed E-state index contributed by atoms with van der Waals surface area (Å²) in [5, 5.41) is 7.61. The molecule has 1 aromatic heterocycles. The van der Waals surface area contributed by atoms with Crippen LogP contribution in [0.15, 0.2) is 30.5 Å². The molecular formula is C11H8ClN3O. The molecule has 0 saturated carbocycles. The van der Waals surface area contributed by atoms with Crippen LogP contribution in [0.4, 0.5) is 5.69 Å². The van der Waals surface area contributed by atoms with E-state index in [1.165, 1.54) is 0 Å². The minimum absolute atomic E-state index is 0.0530. The van der Waals surface area contributed by atoms with E-state index < -0.39 is 0 Å². The molecule has 1 aliphatic rings. The van der Waals surface area contributed by atoms with Gasteiger partial charge >= 0.3 is 0 Å². The zero-order valence-corrected chi connectivity index (χ0v) is 9.03. The van der Waals surface area contributed by atoms with E-state index in [9.17, 15) is 4.79 Å². The SMILES string of the molecule is O=C1Cc2ccnn2-c2ccc(Cl)cc2N1. The maximum Gasteiger partial charge on any atom is 0.230 e. The predicted octanol–water partition coefficient (Wildman–Crippen LogP) is 2.02. The van der Waals surface area contributed by atoms with E-state index in [1.807, 2.05) is 12.1 Å². The molecule has 1 amide bonds. The van der Waals surface area contributed by atoms with Crippen molar-refractivity contribution in [3.05, 3.63) is 41.2 Å². The fraction of sp³-hybridized carbons (Fsp3) is 0.0909. The Morgan fingerprint density at radius 1 is 1.38 bits per heavy atom. The van der Waals surface area contributed by atoms with E-state index in [4.69, 9.17) is 11.6 Å². The van der Waals surface area contributed by atoms with Gasteiger partial charge in [0.1, 0.15) is 0 Å². The van der Waals surface area contributed by atoms with Gasteiger partial charge in [-0.3, -0.25) is 4.79 Å². The van der Waals surface area contributed by atoms with Gasteiger partial charge in [-0.25, -0.2) is 4.68 Å². The molecular weight excluding hydrogens is 226 g/mol. The van der Waals surface area contributed by atoms with Crippen LogP contribution in [0.2, 0.25) is 5.02 Å². The van der Waals surface area contributed by atoms with E-state index >= 15 is 0 Å². The number of benzene rings is 1. The largest absolute Gasteiger partial charge is 0.324 e. The van der Waals surface area contributed by atoms with Crippen LogP contribution >= 0.6 is 11.6 Å². The third-order valence-electron chi connectivity index (χ3n) is 2.52. The second kappa shape index (κ2) is 3.35. The third-order valence-corrected chi connectivity index (χ3v) is 2.76. The second-order valence-corrected chi connectivity index (χ2v) is 4.06. The number of halogens is 1. The molecule has 1 aromatic carbocycles. The quantitative estimate of drug-likeness (QED) is 0.757. The van der Waals surface area contributed by atoms with E-state index in [2.05, 4.69) is 10.4 Å². The number of fused-ring (bicyclic) bond motifs is 3. The van der Waals surface area contributed by atoms with Gasteiger partial charge in [0.25, 0.3) is 0 Å². The summed E-state index contributed by atoms with van der Waals surface area (Å²) in [6.45, 7) is 0.